The molecule has 0 saturated carbocycles. The van der Waals surface area contributed by atoms with E-state index in [9.17, 15) is 73.2 Å². The highest BCUT2D eigenvalue weighted by Crippen LogP contribution is 2.30. The van der Waals surface area contributed by atoms with Crippen molar-refractivity contribution in [1.29, 1.82) is 0 Å². The van der Waals surface area contributed by atoms with Gasteiger partial charge in [0.15, 0.2) is 5.78 Å². The molecule has 0 radical (unpaired) electrons. The fourth-order valence-electron chi connectivity index (χ4n) is 16.4. The van der Waals surface area contributed by atoms with Crippen molar-refractivity contribution < 1.29 is 107 Å². The zero-order valence-electron chi connectivity index (χ0n) is 74.3. The lowest BCUT2D eigenvalue weighted by Crippen LogP contribution is -2.61. The van der Waals surface area contributed by atoms with Crippen molar-refractivity contribution >= 4 is 146 Å². The number of hydrogen-bond donors (Lipinski definition) is 17. The average molecular weight is 1860 g/mol. The molecular formula is C90H123N19O22S. The zero-order chi connectivity index (χ0) is 95.6. The van der Waals surface area contributed by atoms with E-state index in [-0.39, 0.29) is 77.5 Å². The first kappa shape index (κ1) is 104. The van der Waals surface area contributed by atoms with Gasteiger partial charge in [-0.05, 0) is 98.9 Å². The number of aliphatic hydroxyl groups is 2. The van der Waals surface area contributed by atoms with Crippen molar-refractivity contribution in [1.82, 2.24) is 82.3 Å². The number of nitrogens with two attached hydrogens (primary N) is 2. The van der Waals surface area contributed by atoms with Crippen LogP contribution in [0.25, 0.3) is 21.8 Å². The van der Waals surface area contributed by atoms with Gasteiger partial charge in [-0.15, -0.1) is 11.8 Å². The molecule has 0 aliphatic carbocycles. The number of nitrogens with zero attached hydrogens (tertiary/aromatic N) is 6. The second-order valence-electron chi connectivity index (χ2n) is 33.5. The summed E-state index contributed by atoms with van der Waals surface area (Å²) in [5, 5.41) is 67.4. The molecule has 0 bridgehead atoms. The number of hydrogen-bond acceptors (Lipinski definition) is 23. The second-order valence-corrected chi connectivity index (χ2v) is 34.5. The van der Waals surface area contributed by atoms with Crippen molar-refractivity contribution in [3.63, 3.8) is 0 Å². The number of nitrogens with one attached hydrogen (secondary N) is 11. The number of amides is 16. The van der Waals surface area contributed by atoms with Crippen LogP contribution < -0.4 is 59.3 Å². The fourth-order valence-corrected chi connectivity index (χ4v) is 17.3. The normalized spacial score (nSPS) is 25.4. The number of aliphatic carboxylic acids is 1. The van der Waals surface area contributed by atoms with E-state index in [1.807, 2.05) is 13.8 Å². The number of ketones is 1. The number of phenols is 1. The van der Waals surface area contributed by atoms with Crippen LogP contribution in [0, 0.1) is 5.92 Å². The molecule has 4 aliphatic rings. The Bertz CT molecular complexity index is 5100. The number of aliphatic imine (C=N–C) groups is 1. The third kappa shape index (κ3) is 28.2. The Morgan fingerprint density at radius 2 is 1.13 bits per heavy atom. The first-order valence-corrected chi connectivity index (χ1v) is 44.9. The number of likely N-dealkylation sites (N-methyl/N-ethyl adjacent to an activating group) is 3. The largest absolute Gasteiger partial charge is 0.508 e. The first-order valence-electron chi connectivity index (χ1n) is 43.8. The molecule has 41 nitrogen and oxygen atoms in total. The lowest BCUT2D eigenvalue weighted by Gasteiger charge is -2.36. The summed E-state index contributed by atoms with van der Waals surface area (Å²) in [4.78, 5) is 276. The molecule has 3 saturated heterocycles. The van der Waals surface area contributed by atoms with Crippen LogP contribution in [0.2, 0.25) is 0 Å². The van der Waals surface area contributed by atoms with Crippen LogP contribution >= 0.6 is 11.8 Å². The van der Waals surface area contributed by atoms with E-state index in [0.29, 0.717) is 69.8 Å². The van der Waals surface area contributed by atoms with Gasteiger partial charge in [-0.1, -0.05) is 95.5 Å². The third-order valence-electron chi connectivity index (χ3n) is 23.9. The van der Waals surface area contributed by atoms with Gasteiger partial charge >= 0.3 is 5.97 Å². The number of rotatable bonds is 23. The Balaban J connectivity index is 0.0000215. The number of H-pyrrole nitrogens is 2. The van der Waals surface area contributed by atoms with E-state index < -0.39 is 260 Å². The highest BCUT2D eigenvalue weighted by Gasteiger charge is 2.47. The quantitative estimate of drug-likeness (QED) is 0.0379. The summed E-state index contributed by atoms with van der Waals surface area (Å²) in [6.07, 6.45) is 2.18. The highest BCUT2D eigenvalue weighted by atomic mass is 32.2. The molecule has 3 aromatic carbocycles. The number of unbranched alkanes of at least 4 members (excludes halogenated alkanes) is 2. The van der Waals surface area contributed by atoms with Gasteiger partial charge in [0.05, 0.1) is 37.0 Å². The van der Waals surface area contributed by atoms with E-state index in [2.05, 4.69) is 62.8 Å². The minimum Gasteiger partial charge on any atom is -0.508 e. The Hall–Kier alpha value is -13.1. The Morgan fingerprint density at radius 3 is 1.72 bits per heavy atom. The van der Waals surface area contributed by atoms with Crippen LogP contribution in [0.15, 0.2) is 102 Å². The van der Waals surface area contributed by atoms with Crippen LogP contribution in [-0.2, 0) is 106 Å². The van der Waals surface area contributed by atoms with Gasteiger partial charge in [0.1, 0.15) is 78.3 Å². The number of aromatic amines is 2. The number of aromatic hydroxyl groups is 1. The molecule has 16 amide bonds. The van der Waals surface area contributed by atoms with Crippen LogP contribution in [0.4, 0.5) is 0 Å². The number of carbonyl (C=O) groups excluding carboxylic acids is 17. The molecule has 15 atom stereocenters. The van der Waals surface area contributed by atoms with Crippen molar-refractivity contribution in [2.75, 3.05) is 58.9 Å². The van der Waals surface area contributed by atoms with E-state index in [4.69, 9.17) is 11.5 Å². The SMILES string of the molecule is C.CCCC[C@H]1C(=O)N(C)[C@@H](CCCC)C(=O)N[C@@H](C)C(=O)N[C@H](C(=O)NCC(N)=O)CSCC(=O)N[C@@H](Cc2ccc(O)cc2)C(=O)N(C)[C@H](C)C(=O)C[C@@H](CC(N)=O)C(=O)N2CCC[C@H]2C(=O)N[C@@H](CC2=CN=CC2)C(=O)N[C@@H](CCC(=O)O)C(=O)N2C[C@H](O)C[C@H]2C(=O)N[C@@H](Cc2c[nH]c3ccccc23)C(=O)N[C@@H](CO)C(=O)N[C@@H](Cc2c[nH]c3ccccc23)C(=O)N1C. The summed E-state index contributed by atoms with van der Waals surface area (Å²) in [5.74, 6) is -20.1. The van der Waals surface area contributed by atoms with Crippen molar-refractivity contribution in [3.05, 3.63) is 114 Å². The summed E-state index contributed by atoms with van der Waals surface area (Å²) >= 11 is 0.780. The Morgan fingerprint density at radius 1 is 0.576 bits per heavy atom. The van der Waals surface area contributed by atoms with Gasteiger partial charge in [0.25, 0.3) is 0 Å². The van der Waals surface area contributed by atoms with E-state index in [0.717, 1.165) is 36.3 Å². The second kappa shape index (κ2) is 49.2. The molecule has 716 valence electrons. The molecule has 2 aromatic heterocycles. The lowest BCUT2D eigenvalue weighted by molar-refractivity contribution is -0.149. The number of aromatic nitrogens is 2. The minimum absolute atomic E-state index is 0. The van der Waals surface area contributed by atoms with Crippen molar-refractivity contribution in [3.8, 4) is 5.75 Å². The molecule has 9 rings (SSSR count). The summed E-state index contributed by atoms with van der Waals surface area (Å²) < 4.78 is 0. The molecule has 3 fully saturated rings. The van der Waals surface area contributed by atoms with Gasteiger partial charge in [-0.25, -0.2) is 0 Å². The number of phenolic OH excluding ortho intramolecular Hbond substituents is 1. The molecule has 19 N–H and O–H groups in total. The van der Waals surface area contributed by atoms with Crippen molar-refractivity contribution in [2.45, 2.75) is 235 Å². The number of primary amides is 2. The maximum absolute atomic E-state index is 15.6. The van der Waals surface area contributed by atoms with Crippen LogP contribution in [0.1, 0.15) is 148 Å². The van der Waals surface area contributed by atoms with Gasteiger partial charge in [0.2, 0.25) is 94.5 Å². The maximum atomic E-state index is 15.6. The fraction of sp³-hybridized carbons (Fsp3) is 0.522. The highest BCUT2D eigenvalue weighted by molar-refractivity contribution is 8.00. The third-order valence-corrected chi connectivity index (χ3v) is 24.9. The topological polar surface area (TPSA) is 609 Å². The molecule has 6 heterocycles. The van der Waals surface area contributed by atoms with Gasteiger partial charge in [0, 0.05) is 138 Å². The number of carbonyl (C=O) groups is 18. The standard InChI is InChI=1S/C89H119N19O22S.CH4/c1-8-10-21-68-82(123)96-48(3)77(118)103-67(78(119)95-43-74(91)114)46-131-47-75(115)97-64(33-50-24-26-55(110)27-25-50)86(127)104(5)49(4)72(112)37-52(38-73(90)113)85(126)107-32-16-23-69(107)83(124)99-62(34-51-30-31-92-40-51)79(120)98-61(28-29-76(116)117)88(129)108-44-56(111)39-71(108)84(125)100-63(35-53-41-93-59-19-14-12-17-57(53)59)80(121)102-66(45-109)81(122)101-65(36-54-42-94-60-20-15-13-18-58(54)60)87(128)106(7)70(22-11-9-2)89(130)105(68)6;/h12-15,17-20,24-27,31,40-42,48-49,52,56,61-71,93-94,109-111H,8-11,16,21-23,28-30,32-39,43-47H2,1-7H3,(H2,90,113)(H2,91,114)(H,95,119)(H,96,123)(H,97,115)(H,98,120)(H,99,124)(H,100,125)(H,101,122)(H,102,121)(H,103,118)(H,116,117);1H4/t48-,49+,52-,56+,61-,62-,63-,64-,65-,66-,67-,68-,69-,70-,71-;/m0./s1. The molecule has 0 spiro atoms. The molecule has 0 unspecified atom stereocenters. The van der Waals surface area contributed by atoms with Gasteiger partial charge in [-0.2, -0.15) is 0 Å². The van der Waals surface area contributed by atoms with E-state index >= 15 is 33.6 Å². The summed E-state index contributed by atoms with van der Waals surface area (Å²) in [7, 11) is 3.92. The number of aliphatic hydroxyl groups excluding tert-OH is 2. The summed E-state index contributed by atoms with van der Waals surface area (Å²) in [5.41, 5.74) is 14.2. The molecule has 5 aromatic rings. The number of benzene rings is 3. The first-order chi connectivity index (χ1) is 62.4. The van der Waals surface area contributed by atoms with Crippen molar-refractivity contribution in [2.24, 2.45) is 22.4 Å². The molecular weight excluding hydrogens is 1730 g/mol. The lowest BCUT2D eigenvalue weighted by atomic mass is 9.93. The number of carboxylic acids is 1. The van der Waals surface area contributed by atoms with Gasteiger partial charge < -0.3 is 114 Å². The number of thioether (sulfide) groups is 1. The van der Waals surface area contributed by atoms with Crippen LogP contribution in [0.3, 0.4) is 0 Å². The predicted molar refractivity (Wildman–Crippen MR) is 485 cm³/mol. The number of para-hydroxylation sites is 2. The molecule has 4 aliphatic heterocycles. The molecule has 132 heavy (non-hydrogen) atoms. The van der Waals surface area contributed by atoms with Gasteiger partial charge in [-0.3, -0.25) is 91.3 Å². The number of fused-ring (bicyclic) bond motifs is 4. The summed E-state index contributed by atoms with van der Waals surface area (Å²) in [6, 6.07) is -0.818. The number of carboxylic acid groups (broad SMARTS) is 1. The van der Waals surface area contributed by atoms with Crippen LogP contribution in [0.5, 0.6) is 5.75 Å². The minimum atomic E-state index is -1.92. The molecule has 42 heteroatoms. The monoisotopic (exact) mass is 1850 g/mol. The average Bonchev–Trinajstić information content (AvgIpc) is 1.57. The zero-order valence-corrected chi connectivity index (χ0v) is 75.1. The Kier molecular flexibility index (Phi) is 38.9. The summed E-state index contributed by atoms with van der Waals surface area (Å²) in [6.45, 7) is 3.76. The maximum Gasteiger partial charge on any atom is 0.303 e. The van der Waals surface area contributed by atoms with E-state index in [1.165, 1.54) is 71.7 Å². The smallest absolute Gasteiger partial charge is 0.303 e. The number of Topliss-reactive ketones (excluding diaryl/α,β-unsaturated/α-hetero) is 1. The van der Waals surface area contributed by atoms with Crippen LogP contribution in [-0.4, -0.2) is 311 Å². The Labute approximate surface area is 767 Å². The predicted octanol–water partition coefficient (Wildman–Crippen LogP) is -0.844. The van der Waals surface area contributed by atoms with E-state index in [1.54, 1.807) is 60.9 Å².